The molecule has 0 saturated heterocycles. The van der Waals surface area contributed by atoms with Crippen molar-refractivity contribution in [1.29, 1.82) is 0 Å². The van der Waals surface area contributed by atoms with Gasteiger partial charge in [0.25, 0.3) is 0 Å². The van der Waals surface area contributed by atoms with Crippen LogP contribution in [0.4, 0.5) is 0 Å². The first kappa shape index (κ1) is 9.39. The number of carbonyl (C=O) groups is 1. The zero-order valence-corrected chi connectivity index (χ0v) is 6.13. The number of carboxylic acid groups (broad SMARTS) is 1. The van der Waals surface area contributed by atoms with Crippen molar-refractivity contribution in [1.82, 2.24) is 5.32 Å². The average molecular weight is 146 g/mol. The minimum atomic E-state index is -0.932. The van der Waals surface area contributed by atoms with Crippen LogP contribution in [0, 0.1) is 0 Å². The molecule has 0 saturated carbocycles. The number of rotatable bonds is 5. The molecule has 0 amide bonds. The number of carboxylic acids is 1. The summed E-state index contributed by atoms with van der Waals surface area (Å²) in [7, 11) is 0. The van der Waals surface area contributed by atoms with Crippen molar-refractivity contribution in [2.75, 3.05) is 13.1 Å². The lowest BCUT2D eigenvalue weighted by Crippen LogP contribution is -2.33. The Morgan fingerprint density at radius 1 is 1.80 bits per heavy atom. The summed E-state index contributed by atoms with van der Waals surface area (Å²) >= 11 is 0. The van der Waals surface area contributed by atoms with E-state index >= 15 is 0 Å². The third-order valence-electron chi connectivity index (χ3n) is 1.20. The molecule has 4 heteroatoms. The highest BCUT2D eigenvalue weighted by molar-refractivity contribution is 5.72. The van der Waals surface area contributed by atoms with E-state index < -0.39 is 12.0 Å². The maximum Gasteiger partial charge on any atom is 0.320 e. The van der Waals surface area contributed by atoms with Crippen LogP contribution in [0.15, 0.2) is 0 Å². The highest BCUT2D eigenvalue weighted by Crippen LogP contribution is 1.84. The summed E-state index contributed by atoms with van der Waals surface area (Å²) in [6.45, 7) is 3.49. The molecular weight excluding hydrogens is 132 g/mol. The monoisotopic (exact) mass is 146 g/mol. The molecule has 0 spiro atoms. The SMILES string of the molecule is CCNCC[C@@H](N)C(=O)O. The zero-order chi connectivity index (χ0) is 7.98. The minimum absolute atomic E-state index is 0.489. The first-order valence-electron chi connectivity index (χ1n) is 3.37. The van der Waals surface area contributed by atoms with Gasteiger partial charge in [-0.15, -0.1) is 0 Å². The molecule has 0 aromatic rings. The second-order valence-corrected chi connectivity index (χ2v) is 2.09. The summed E-state index contributed by atoms with van der Waals surface area (Å²) in [6.07, 6.45) is 0.489. The molecule has 0 heterocycles. The lowest BCUT2D eigenvalue weighted by Gasteiger charge is -2.04. The molecule has 0 bridgehead atoms. The number of aliphatic carboxylic acids is 1. The molecule has 0 aromatic carbocycles. The van der Waals surface area contributed by atoms with Gasteiger partial charge in [0.2, 0.25) is 0 Å². The van der Waals surface area contributed by atoms with E-state index in [2.05, 4.69) is 5.32 Å². The molecule has 1 atom stereocenters. The van der Waals surface area contributed by atoms with E-state index in [0.717, 1.165) is 6.54 Å². The van der Waals surface area contributed by atoms with Crippen LogP contribution >= 0.6 is 0 Å². The van der Waals surface area contributed by atoms with Gasteiger partial charge in [-0.3, -0.25) is 4.79 Å². The van der Waals surface area contributed by atoms with E-state index in [-0.39, 0.29) is 0 Å². The molecule has 4 nitrogen and oxygen atoms in total. The smallest absolute Gasteiger partial charge is 0.320 e. The topological polar surface area (TPSA) is 75.3 Å². The Hall–Kier alpha value is -0.610. The Bertz CT molecular complexity index is 106. The van der Waals surface area contributed by atoms with Gasteiger partial charge >= 0.3 is 5.97 Å². The molecule has 0 aliphatic rings. The molecule has 0 radical (unpaired) electrons. The third kappa shape index (κ3) is 4.29. The summed E-state index contributed by atoms with van der Waals surface area (Å²) in [4.78, 5) is 10.1. The first-order chi connectivity index (χ1) is 4.68. The summed E-state index contributed by atoms with van der Waals surface area (Å²) in [6, 6.07) is -0.723. The predicted molar refractivity (Wildman–Crippen MR) is 38.8 cm³/mol. The fraction of sp³-hybridized carbons (Fsp3) is 0.833. The number of nitrogens with one attached hydrogen (secondary N) is 1. The van der Waals surface area contributed by atoms with Crippen molar-refractivity contribution in [2.24, 2.45) is 5.73 Å². The van der Waals surface area contributed by atoms with Gasteiger partial charge in [0.05, 0.1) is 0 Å². The van der Waals surface area contributed by atoms with E-state index in [0.29, 0.717) is 13.0 Å². The summed E-state index contributed by atoms with van der Waals surface area (Å²) in [5.41, 5.74) is 5.22. The summed E-state index contributed by atoms with van der Waals surface area (Å²) in [5.74, 6) is -0.932. The van der Waals surface area contributed by atoms with Crippen LogP contribution in [0.5, 0.6) is 0 Å². The van der Waals surface area contributed by atoms with Crippen LogP contribution in [-0.4, -0.2) is 30.2 Å². The molecule has 0 aliphatic carbocycles. The zero-order valence-electron chi connectivity index (χ0n) is 6.13. The van der Waals surface area contributed by atoms with E-state index in [1.165, 1.54) is 0 Å². The van der Waals surface area contributed by atoms with Crippen LogP contribution in [-0.2, 0) is 4.79 Å². The third-order valence-corrected chi connectivity index (χ3v) is 1.20. The molecule has 0 fully saturated rings. The Labute approximate surface area is 60.4 Å². The van der Waals surface area contributed by atoms with Gasteiger partial charge in [-0.1, -0.05) is 6.92 Å². The van der Waals surface area contributed by atoms with Crippen LogP contribution in [0.1, 0.15) is 13.3 Å². The van der Waals surface area contributed by atoms with Gasteiger partial charge < -0.3 is 16.2 Å². The Morgan fingerprint density at radius 2 is 2.40 bits per heavy atom. The first-order valence-corrected chi connectivity index (χ1v) is 3.37. The average Bonchev–Trinajstić information content (AvgIpc) is 1.88. The van der Waals surface area contributed by atoms with Crippen molar-refractivity contribution in [3.63, 3.8) is 0 Å². The quantitative estimate of drug-likeness (QED) is 0.453. The Kier molecular flexibility index (Phi) is 4.88. The normalized spacial score (nSPS) is 13.0. The van der Waals surface area contributed by atoms with Gasteiger partial charge in [0.15, 0.2) is 0 Å². The number of hydrogen-bond donors (Lipinski definition) is 3. The molecule has 0 aliphatic heterocycles. The molecule has 10 heavy (non-hydrogen) atoms. The lowest BCUT2D eigenvalue weighted by atomic mass is 10.2. The fourth-order valence-corrected chi connectivity index (χ4v) is 0.558. The van der Waals surface area contributed by atoms with E-state index in [9.17, 15) is 4.79 Å². The molecular formula is C6H14N2O2. The van der Waals surface area contributed by atoms with Crippen molar-refractivity contribution in [2.45, 2.75) is 19.4 Å². The highest BCUT2D eigenvalue weighted by atomic mass is 16.4. The van der Waals surface area contributed by atoms with Gasteiger partial charge in [-0.2, -0.15) is 0 Å². The second-order valence-electron chi connectivity index (χ2n) is 2.09. The van der Waals surface area contributed by atoms with Crippen molar-refractivity contribution < 1.29 is 9.90 Å². The minimum Gasteiger partial charge on any atom is -0.480 e. The van der Waals surface area contributed by atoms with Crippen LogP contribution in [0.2, 0.25) is 0 Å². The van der Waals surface area contributed by atoms with Crippen molar-refractivity contribution in [3.8, 4) is 0 Å². The largest absolute Gasteiger partial charge is 0.480 e. The summed E-state index contributed by atoms with van der Waals surface area (Å²) in [5, 5.41) is 11.3. The van der Waals surface area contributed by atoms with Crippen molar-refractivity contribution in [3.05, 3.63) is 0 Å². The standard InChI is InChI=1S/C6H14N2O2/c1-2-8-4-3-5(7)6(9)10/h5,8H,2-4,7H2,1H3,(H,9,10)/t5-/m1/s1. The highest BCUT2D eigenvalue weighted by Gasteiger charge is 2.09. The maximum absolute atomic E-state index is 10.1. The number of hydrogen-bond acceptors (Lipinski definition) is 3. The second kappa shape index (κ2) is 5.20. The van der Waals surface area contributed by atoms with Crippen LogP contribution in [0.3, 0.4) is 0 Å². The van der Waals surface area contributed by atoms with Crippen LogP contribution < -0.4 is 11.1 Å². The van der Waals surface area contributed by atoms with Gasteiger partial charge in [0.1, 0.15) is 6.04 Å². The lowest BCUT2D eigenvalue weighted by molar-refractivity contribution is -0.138. The molecule has 0 aromatic heterocycles. The summed E-state index contributed by atoms with van der Waals surface area (Å²) < 4.78 is 0. The van der Waals surface area contributed by atoms with Gasteiger partial charge in [-0.25, -0.2) is 0 Å². The fourth-order valence-electron chi connectivity index (χ4n) is 0.558. The predicted octanol–water partition coefficient (Wildman–Crippen LogP) is -0.602. The number of nitrogens with two attached hydrogens (primary N) is 1. The van der Waals surface area contributed by atoms with Gasteiger partial charge in [-0.05, 0) is 19.5 Å². The maximum atomic E-state index is 10.1. The molecule has 60 valence electrons. The molecule has 4 N–H and O–H groups in total. The van der Waals surface area contributed by atoms with E-state index in [4.69, 9.17) is 10.8 Å². The molecule has 0 rings (SSSR count). The van der Waals surface area contributed by atoms with E-state index in [1.54, 1.807) is 0 Å². The molecule has 0 unspecified atom stereocenters. The van der Waals surface area contributed by atoms with Gasteiger partial charge in [0, 0.05) is 0 Å². The van der Waals surface area contributed by atoms with E-state index in [1.807, 2.05) is 6.92 Å². The van der Waals surface area contributed by atoms with Crippen molar-refractivity contribution >= 4 is 5.97 Å². The Morgan fingerprint density at radius 3 is 2.80 bits per heavy atom. The Balaban J connectivity index is 3.21. The van der Waals surface area contributed by atoms with Crippen LogP contribution in [0.25, 0.3) is 0 Å².